The summed E-state index contributed by atoms with van der Waals surface area (Å²) in [4.78, 5) is 12.1. The highest BCUT2D eigenvalue weighted by Gasteiger charge is 2.27. The molecule has 25 heavy (non-hydrogen) atoms. The summed E-state index contributed by atoms with van der Waals surface area (Å²) in [7, 11) is 0. The molecule has 0 saturated carbocycles. The van der Waals surface area contributed by atoms with E-state index in [4.69, 9.17) is 9.47 Å². The summed E-state index contributed by atoms with van der Waals surface area (Å²) < 4.78 is 11.2. The minimum Gasteiger partial charge on any atom is -0.494 e. The number of benzene rings is 2. The van der Waals surface area contributed by atoms with E-state index in [2.05, 4.69) is 10.6 Å². The Morgan fingerprint density at radius 2 is 1.72 bits per heavy atom. The van der Waals surface area contributed by atoms with Crippen LogP contribution in [0.15, 0.2) is 48.5 Å². The van der Waals surface area contributed by atoms with Crippen LogP contribution in [0.25, 0.3) is 0 Å². The lowest BCUT2D eigenvalue weighted by molar-refractivity contribution is -0.117. The highest BCUT2D eigenvalue weighted by molar-refractivity contribution is 5.95. The molecule has 0 bridgehead atoms. The number of ether oxygens (including phenoxy) is 2. The Balaban J connectivity index is 1.55. The minimum absolute atomic E-state index is 0.142. The van der Waals surface area contributed by atoms with Gasteiger partial charge in [0.15, 0.2) is 0 Å². The van der Waals surface area contributed by atoms with Gasteiger partial charge in [-0.05, 0) is 61.9 Å². The Labute approximate surface area is 146 Å². The fourth-order valence-corrected chi connectivity index (χ4v) is 2.66. The summed E-state index contributed by atoms with van der Waals surface area (Å²) in [5, 5.41) is 15.3. The molecule has 2 atom stereocenters. The van der Waals surface area contributed by atoms with Crippen molar-refractivity contribution in [1.29, 1.82) is 0 Å². The van der Waals surface area contributed by atoms with Gasteiger partial charge in [0.1, 0.15) is 17.2 Å². The number of nitrogens with one attached hydrogen (secondary N) is 2. The first-order valence-electron chi connectivity index (χ1n) is 8.37. The molecule has 1 fully saturated rings. The van der Waals surface area contributed by atoms with E-state index in [1.807, 2.05) is 31.2 Å². The van der Waals surface area contributed by atoms with Crippen LogP contribution in [-0.2, 0) is 4.79 Å². The molecular weight excluding hydrogens is 320 g/mol. The Morgan fingerprint density at radius 1 is 1.12 bits per heavy atom. The second-order valence-electron chi connectivity index (χ2n) is 5.87. The van der Waals surface area contributed by atoms with Gasteiger partial charge in [0.05, 0.1) is 18.8 Å². The van der Waals surface area contributed by atoms with Crippen LogP contribution in [0.5, 0.6) is 17.2 Å². The lowest BCUT2D eigenvalue weighted by Crippen LogP contribution is -2.35. The predicted molar refractivity (Wildman–Crippen MR) is 95.2 cm³/mol. The Morgan fingerprint density at radius 3 is 2.28 bits per heavy atom. The molecule has 0 aromatic heterocycles. The van der Waals surface area contributed by atoms with E-state index in [1.165, 1.54) is 0 Å². The van der Waals surface area contributed by atoms with Gasteiger partial charge < -0.3 is 25.2 Å². The van der Waals surface area contributed by atoms with Gasteiger partial charge in [0.25, 0.3) is 0 Å². The third kappa shape index (κ3) is 4.71. The van der Waals surface area contributed by atoms with Gasteiger partial charge in [-0.1, -0.05) is 0 Å². The maximum Gasteiger partial charge on any atom is 0.241 e. The highest BCUT2D eigenvalue weighted by atomic mass is 16.5. The van der Waals surface area contributed by atoms with Crippen molar-refractivity contribution < 1.29 is 19.4 Å². The van der Waals surface area contributed by atoms with E-state index in [9.17, 15) is 9.90 Å². The molecule has 0 aliphatic carbocycles. The molecule has 3 rings (SSSR count). The molecule has 1 saturated heterocycles. The molecule has 132 valence electrons. The smallest absolute Gasteiger partial charge is 0.241 e. The van der Waals surface area contributed by atoms with Crippen LogP contribution < -0.4 is 20.1 Å². The maximum absolute atomic E-state index is 12.1. The zero-order chi connectivity index (χ0) is 17.6. The van der Waals surface area contributed by atoms with Crippen molar-refractivity contribution in [1.82, 2.24) is 5.32 Å². The summed E-state index contributed by atoms with van der Waals surface area (Å²) >= 11 is 0. The zero-order valence-electron chi connectivity index (χ0n) is 14.1. The number of hydrogen-bond acceptors (Lipinski definition) is 5. The minimum atomic E-state index is -0.458. The second-order valence-corrected chi connectivity index (χ2v) is 5.87. The van der Waals surface area contributed by atoms with E-state index < -0.39 is 6.10 Å². The number of rotatable bonds is 6. The monoisotopic (exact) mass is 342 g/mol. The Hall–Kier alpha value is -2.57. The van der Waals surface area contributed by atoms with Crippen LogP contribution in [0.4, 0.5) is 5.69 Å². The SMILES string of the molecule is CCOc1ccc(Oc2ccc(NC(=O)[C@H]3C[C@H](O)CN3)cc2)cc1. The molecule has 1 amide bonds. The van der Waals surface area contributed by atoms with Gasteiger partial charge in [0, 0.05) is 12.2 Å². The van der Waals surface area contributed by atoms with Crippen molar-refractivity contribution in [3.63, 3.8) is 0 Å². The molecule has 3 N–H and O–H groups in total. The van der Waals surface area contributed by atoms with Crippen LogP contribution >= 0.6 is 0 Å². The normalized spacial score (nSPS) is 19.4. The van der Waals surface area contributed by atoms with Gasteiger partial charge in [-0.2, -0.15) is 0 Å². The number of hydrogen-bond donors (Lipinski definition) is 3. The predicted octanol–water partition coefficient (Wildman–Crippen LogP) is 2.54. The highest BCUT2D eigenvalue weighted by Crippen LogP contribution is 2.25. The average Bonchev–Trinajstić information content (AvgIpc) is 3.05. The summed E-state index contributed by atoms with van der Waals surface area (Å²) in [6.45, 7) is 3.02. The number of β-amino-alcohol motifs (C(OH)–C–C–N with tert-alkyl or cyclic N) is 1. The van der Waals surface area contributed by atoms with Crippen LogP contribution in [0.1, 0.15) is 13.3 Å². The second kappa shape index (κ2) is 8.00. The fourth-order valence-electron chi connectivity index (χ4n) is 2.66. The molecule has 1 heterocycles. The lowest BCUT2D eigenvalue weighted by atomic mass is 10.2. The fraction of sp³-hybridized carbons (Fsp3) is 0.316. The number of amides is 1. The lowest BCUT2D eigenvalue weighted by Gasteiger charge is -2.12. The van der Waals surface area contributed by atoms with Crippen molar-refractivity contribution in [2.45, 2.75) is 25.5 Å². The molecule has 0 unspecified atom stereocenters. The number of aliphatic hydroxyl groups is 1. The van der Waals surface area contributed by atoms with Gasteiger partial charge in [-0.3, -0.25) is 4.79 Å². The van der Waals surface area contributed by atoms with Crippen molar-refractivity contribution in [3.8, 4) is 17.2 Å². The molecule has 0 radical (unpaired) electrons. The van der Waals surface area contributed by atoms with Gasteiger partial charge in [-0.15, -0.1) is 0 Å². The van der Waals surface area contributed by atoms with E-state index in [0.717, 1.165) is 5.75 Å². The van der Waals surface area contributed by atoms with Crippen LogP contribution in [0.2, 0.25) is 0 Å². The van der Waals surface area contributed by atoms with Crippen LogP contribution in [0.3, 0.4) is 0 Å². The summed E-state index contributed by atoms with van der Waals surface area (Å²) in [5.74, 6) is 2.05. The third-order valence-corrected chi connectivity index (χ3v) is 3.92. The molecule has 6 heteroatoms. The third-order valence-electron chi connectivity index (χ3n) is 3.92. The van der Waals surface area contributed by atoms with E-state index >= 15 is 0 Å². The Kier molecular flexibility index (Phi) is 5.53. The first-order valence-corrected chi connectivity index (χ1v) is 8.37. The number of anilines is 1. The quantitative estimate of drug-likeness (QED) is 0.752. The number of aliphatic hydroxyl groups excluding tert-OH is 1. The largest absolute Gasteiger partial charge is 0.494 e. The summed E-state index contributed by atoms with van der Waals surface area (Å²) in [6.07, 6.45) is -0.0225. The molecule has 0 spiro atoms. The first kappa shape index (κ1) is 17.3. The molecule has 6 nitrogen and oxygen atoms in total. The first-order chi connectivity index (χ1) is 12.1. The topological polar surface area (TPSA) is 79.8 Å². The van der Waals surface area contributed by atoms with Crippen molar-refractivity contribution in [3.05, 3.63) is 48.5 Å². The Bertz CT molecular complexity index is 700. The van der Waals surface area contributed by atoms with E-state index in [0.29, 0.717) is 36.8 Å². The van der Waals surface area contributed by atoms with Crippen molar-refractivity contribution in [2.75, 3.05) is 18.5 Å². The number of carbonyl (C=O) groups excluding carboxylic acids is 1. The van der Waals surface area contributed by atoms with E-state index in [1.54, 1.807) is 24.3 Å². The van der Waals surface area contributed by atoms with Gasteiger partial charge in [-0.25, -0.2) is 0 Å². The maximum atomic E-state index is 12.1. The zero-order valence-corrected chi connectivity index (χ0v) is 14.1. The van der Waals surface area contributed by atoms with Crippen LogP contribution in [-0.4, -0.2) is 36.3 Å². The molecular formula is C19H22N2O4. The van der Waals surface area contributed by atoms with Crippen LogP contribution in [0, 0.1) is 0 Å². The summed E-state index contributed by atoms with van der Waals surface area (Å²) in [6, 6.07) is 14.2. The number of carbonyl (C=O) groups is 1. The molecule has 2 aromatic rings. The van der Waals surface area contributed by atoms with Crippen molar-refractivity contribution >= 4 is 11.6 Å². The average molecular weight is 342 g/mol. The molecule has 1 aliphatic rings. The van der Waals surface area contributed by atoms with E-state index in [-0.39, 0.29) is 11.9 Å². The molecule has 2 aromatic carbocycles. The molecule has 1 aliphatic heterocycles. The van der Waals surface area contributed by atoms with Gasteiger partial charge in [0.2, 0.25) is 5.91 Å². The standard InChI is InChI=1S/C19H22N2O4/c1-2-24-15-7-9-17(10-8-15)25-16-5-3-13(4-6-16)21-19(23)18-11-14(22)12-20-18/h3-10,14,18,20,22H,2,11-12H2,1H3,(H,21,23)/t14-,18+/m0/s1. The van der Waals surface area contributed by atoms with Gasteiger partial charge >= 0.3 is 0 Å². The summed E-state index contributed by atoms with van der Waals surface area (Å²) in [5.41, 5.74) is 0.687. The van der Waals surface area contributed by atoms with Crippen molar-refractivity contribution in [2.24, 2.45) is 0 Å².